The second-order valence-electron chi connectivity index (χ2n) is 4.92. The molecule has 1 N–H and O–H groups in total. The number of benzene rings is 1. The van der Waals surface area contributed by atoms with Gasteiger partial charge in [-0.15, -0.1) is 0 Å². The Morgan fingerprint density at radius 1 is 1.35 bits per heavy atom. The van der Waals surface area contributed by atoms with Crippen molar-refractivity contribution in [3.63, 3.8) is 0 Å². The van der Waals surface area contributed by atoms with Crippen molar-refractivity contribution in [1.82, 2.24) is 9.78 Å². The van der Waals surface area contributed by atoms with E-state index in [2.05, 4.69) is 10.4 Å². The summed E-state index contributed by atoms with van der Waals surface area (Å²) < 4.78 is 20.0. The Bertz CT molecular complexity index is 605. The van der Waals surface area contributed by atoms with Gasteiger partial charge in [-0.25, -0.2) is 4.39 Å². The van der Waals surface area contributed by atoms with Gasteiger partial charge in [0.2, 0.25) is 0 Å². The maximum atomic E-state index is 12.8. The molecule has 0 saturated carbocycles. The Morgan fingerprint density at radius 2 is 2.00 bits per heavy atom. The van der Waals surface area contributed by atoms with Crippen LogP contribution in [0.1, 0.15) is 13.8 Å². The third-order valence-electron chi connectivity index (χ3n) is 2.70. The number of amides is 1. The highest BCUT2D eigenvalue weighted by Crippen LogP contribution is 2.20. The fourth-order valence-corrected chi connectivity index (χ4v) is 1.61. The van der Waals surface area contributed by atoms with E-state index in [0.717, 1.165) is 0 Å². The minimum absolute atomic E-state index is 0.310. The van der Waals surface area contributed by atoms with Crippen LogP contribution in [0.3, 0.4) is 0 Å². The van der Waals surface area contributed by atoms with Gasteiger partial charge < -0.3 is 10.1 Å². The molecule has 0 unspecified atom stereocenters. The van der Waals surface area contributed by atoms with Gasteiger partial charge in [-0.05, 0) is 38.1 Å². The molecule has 0 spiro atoms. The van der Waals surface area contributed by atoms with Crippen molar-refractivity contribution >= 4 is 11.6 Å². The minimum atomic E-state index is -1.09. The minimum Gasteiger partial charge on any atom is -0.478 e. The lowest BCUT2D eigenvalue weighted by Crippen LogP contribution is -2.42. The number of halogens is 1. The summed E-state index contributed by atoms with van der Waals surface area (Å²) >= 11 is 0. The Balaban J connectivity index is 2.05. The van der Waals surface area contributed by atoms with Crippen LogP contribution in [0.5, 0.6) is 5.75 Å². The number of aromatic nitrogens is 2. The van der Waals surface area contributed by atoms with Crippen molar-refractivity contribution in [2.24, 2.45) is 7.05 Å². The number of aryl methyl sites for hydroxylation is 1. The fraction of sp³-hybridized carbons (Fsp3) is 0.286. The molecule has 1 aromatic carbocycles. The number of anilines is 1. The first-order valence-corrected chi connectivity index (χ1v) is 6.11. The van der Waals surface area contributed by atoms with Crippen LogP contribution in [0.4, 0.5) is 10.1 Å². The second-order valence-corrected chi connectivity index (χ2v) is 4.92. The molecule has 0 saturated heterocycles. The van der Waals surface area contributed by atoms with Gasteiger partial charge in [0.1, 0.15) is 11.6 Å². The number of hydrogen-bond acceptors (Lipinski definition) is 3. The highest BCUT2D eigenvalue weighted by Gasteiger charge is 2.30. The Morgan fingerprint density at radius 3 is 2.55 bits per heavy atom. The normalized spacial score (nSPS) is 11.2. The number of nitrogens with one attached hydrogen (secondary N) is 1. The summed E-state index contributed by atoms with van der Waals surface area (Å²) in [6, 6.07) is 5.53. The molecule has 1 heterocycles. The lowest BCUT2D eigenvalue weighted by Gasteiger charge is -2.25. The molecule has 0 fully saturated rings. The Labute approximate surface area is 116 Å². The van der Waals surface area contributed by atoms with E-state index >= 15 is 0 Å². The zero-order chi connectivity index (χ0) is 14.8. The van der Waals surface area contributed by atoms with Gasteiger partial charge in [0, 0.05) is 13.2 Å². The van der Waals surface area contributed by atoms with Crippen molar-refractivity contribution in [1.29, 1.82) is 0 Å². The van der Waals surface area contributed by atoms with Gasteiger partial charge in [0.15, 0.2) is 5.60 Å². The van der Waals surface area contributed by atoms with Crippen molar-refractivity contribution in [3.8, 4) is 5.75 Å². The average Bonchev–Trinajstić information content (AvgIpc) is 2.77. The summed E-state index contributed by atoms with van der Waals surface area (Å²) in [7, 11) is 1.76. The van der Waals surface area contributed by atoms with Crippen molar-refractivity contribution < 1.29 is 13.9 Å². The van der Waals surface area contributed by atoms with Gasteiger partial charge >= 0.3 is 0 Å². The van der Waals surface area contributed by atoms with E-state index in [9.17, 15) is 9.18 Å². The molecule has 20 heavy (non-hydrogen) atoms. The van der Waals surface area contributed by atoms with Crippen LogP contribution >= 0.6 is 0 Å². The highest BCUT2D eigenvalue weighted by molar-refractivity contribution is 5.96. The summed E-state index contributed by atoms with van der Waals surface area (Å²) in [5.74, 6) is -0.234. The molecule has 2 aromatic rings. The molecule has 1 aromatic heterocycles. The molecule has 106 valence electrons. The van der Waals surface area contributed by atoms with Crippen LogP contribution < -0.4 is 10.1 Å². The first-order chi connectivity index (χ1) is 9.37. The van der Waals surface area contributed by atoms with Crippen molar-refractivity contribution in [2.45, 2.75) is 19.4 Å². The molecule has 0 radical (unpaired) electrons. The van der Waals surface area contributed by atoms with E-state index in [1.165, 1.54) is 24.3 Å². The molecule has 2 rings (SSSR count). The van der Waals surface area contributed by atoms with Gasteiger partial charge in [0.05, 0.1) is 11.9 Å². The number of carbonyl (C=O) groups excluding carboxylic acids is 1. The number of hydrogen-bond donors (Lipinski definition) is 1. The zero-order valence-electron chi connectivity index (χ0n) is 11.6. The van der Waals surface area contributed by atoms with E-state index in [1.807, 2.05) is 0 Å². The largest absolute Gasteiger partial charge is 0.478 e. The van der Waals surface area contributed by atoms with Crippen LogP contribution in [0, 0.1) is 5.82 Å². The smallest absolute Gasteiger partial charge is 0.268 e. The molecule has 0 bridgehead atoms. The third kappa shape index (κ3) is 3.34. The van der Waals surface area contributed by atoms with Gasteiger partial charge in [-0.1, -0.05) is 0 Å². The van der Waals surface area contributed by atoms with Gasteiger partial charge in [0.25, 0.3) is 5.91 Å². The second kappa shape index (κ2) is 5.32. The predicted molar refractivity (Wildman–Crippen MR) is 72.9 cm³/mol. The lowest BCUT2D eigenvalue weighted by molar-refractivity contribution is -0.128. The van der Waals surface area contributed by atoms with E-state index in [1.54, 1.807) is 38.0 Å². The summed E-state index contributed by atoms with van der Waals surface area (Å²) in [6.45, 7) is 3.28. The molecular weight excluding hydrogens is 261 g/mol. The van der Waals surface area contributed by atoms with E-state index in [-0.39, 0.29) is 11.7 Å². The fourth-order valence-electron chi connectivity index (χ4n) is 1.61. The van der Waals surface area contributed by atoms with Crippen LogP contribution in [0.15, 0.2) is 36.7 Å². The van der Waals surface area contributed by atoms with E-state index < -0.39 is 5.60 Å². The first kappa shape index (κ1) is 14.0. The Kier molecular flexibility index (Phi) is 3.74. The maximum Gasteiger partial charge on any atom is 0.268 e. The molecule has 0 atom stereocenters. The van der Waals surface area contributed by atoms with Gasteiger partial charge in [-0.3, -0.25) is 9.48 Å². The van der Waals surface area contributed by atoms with Gasteiger partial charge in [-0.2, -0.15) is 5.10 Å². The molecule has 6 heteroatoms. The standard InChI is InChI=1S/C14H16FN3O2/c1-14(2,20-12-6-4-10(15)5-7-12)13(19)17-11-8-16-18(3)9-11/h4-9H,1-3H3,(H,17,19). The first-order valence-electron chi connectivity index (χ1n) is 6.11. The SMILES string of the molecule is Cn1cc(NC(=O)C(C)(C)Oc2ccc(F)cc2)cn1. The van der Waals surface area contributed by atoms with Crippen LogP contribution in [-0.4, -0.2) is 21.3 Å². The molecular formula is C14H16FN3O2. The third-order valence-corrected chi connectivity index (χ3v) is 2.70. The molecule has 5 nitrogen and oxygen atoms in total. The monoisotopic (exact) mass is 277 g/mol. The topological polar surface area (TPSA) is 56.2 Å². The highest BCUT2D eigenvalue weighted by atomic mass is 19.1. The lowest BCUT2D eigenvalue weighted by atomic mass is 10.1. The van der Waals surface area contributed by atoms with Crippen LogP contribution in [0.2, 0.25) is 0 Å². The molecule has 0 aliphatic heterocycles. The number of ether oxygens (including phenoxy) is 1. The number of nitrogens with zero attached hydrogens (tertiary/aromatic N) is 2. The van der Waals surface area contributed by atoms with Crippen molar-refractivity contribution in [3.05, 3.63) is 42.5 Å². The average molecular weight is 277 g/mol. The van der Waals surface area contributed by atoms with E-state index in [4.69, 9.17) is 4.74 Å². The van der Waals surface area contributed by atoms with Crippen molar-refractivity contribution in [2.75, 3.05) is 5.32 Å². The Hall–Kier alpha value is -2.37. The molecule has 1 amide bonds. The summed E-state index contributed by atoms with van der Waals surface area (Å²) in [6.07, 6.45) is 3.23. The summed E-state index contributed by atoms with van der Waals surface area (Å²) in [4.78, 5) is 12.2. The van der Waals surface area contributed by atoms with E-state index in [0.29, 0.717) is 11.4 Å². The van der Waals surface area contributed by atoms with Crippen LogP contribution in [0.25, 0.3) is 0 Å². The number of rotatable bonds is 4. The summed E-state index contributed by atoms with van der Waals surface area (Å²) in [5, 5.41) is 6.68. The number of carbonyl (C=O) groups is 1. The maximum absolute atomic E-state index is 12.8. The molecule has 0 aliphatic carbocycles. The predicted octanol–water partition coefficient (Wildman–Crippen LogP) is 2.36. The molecule has 0 aliphatic rings. The van der Waals surface area contributed by atoms with Crippen LogP contribution in [-0.2, 0) is 11.8 Å². The zero-order valence-corrected chi connectivity index (χ0v) is 11.6. The summed E-state index contributed by atoms with van der Waals surface area (Å²) in [5.41, 5.74) is -0.499. The quantitative estimate of drug-likeness (QED) is 0.933.